The van der Waals surface area contributed by atoms with E-state index in [1.165, 1.54) is 11.3 Å². The monoisotopic (exact) mass is 461 g/mol. The van der Waals surface area contributed by atoms with Crippen LogP contribution in [0.5, 0.6) is 0 Å². The number of fused-ring (bicyclic) bond motifs is 1. The molecule has 0 atom stereocenters. The first-order chi connectivity index (χ1) is 11.3. The summed E-state index contributed by atoms with van der Waals surface area (Å²) in [6, 6.07) is 8.64. The normalized spacial score (nSPS) is 19.6. The van der Waals surface area contributed by atoms with Crippen LogP contribution >= 0.6 is 35.7 Å². The lowest BCUT2D eigenvalue weighted by atomic mass is 9.99. The van der Waals surface area contributed by atoms with E-state index < -0.39 is 0 Å². The fraction of sp³-hybridized carbons (Fsp3) is 0.611. The first-order valence-electron chi connectivity index (χ1n) is 8.56. The Hall–Kier alpha value is -0.470. The van der Waals surface area contributed by atoms with Gasteiger partial charge in [0.2, 0.25) is 0 Å². The first-order valence-corrected chi connectivity index (χ1v) is 9.54. The molecule has 2 aliphatic heterocycles. The van der Waals surface area contributed by atoms with E-state index >= 15 is 0 Å². The van der Waals surface area contributed by atoms with Crippen LogP contribution in [0.15, 0.2) is 29.3 Å². The van der Waals surface area contributed by atoms with E-state index in [4.69, 9.17) is 4.74 Å². The third-order valence-electron chi connectivity index (χ3n) is 4.78. The van der Waals surface area contributed by atoms with Crippen molar-refractivity contribution >= 4 is 47.4 Å². The summed E-state index contributed by atoms with van der Waals surface area (Å²) in [6.07, 6.45) is 3.33. The smallest absolute Gasteiger partial charge is 0.198 e. The van der Waals surface area contributed by atoms with E-state index in [9.17, 15) is 0 Å². The fourth-order valence-electron chi connectivity index (χ4n) is 3.52. The number of hydrogen-bond acceptors (Lipinski definition) is 3. The number of aliphatic imine (C=N–C) groups is 1. The number of benzene rings is 1. The second-order valence-electron chi connectivity index (χ2n) is 6.16. The molecule has 6 heteroatoms. The molecule has 0 bridgehead atoms. The van der Waals surface area contributed by atoms with E-state index in [1.807, 2.05) is 7.05 Å². The highest BCUT2D eigenvalue weighted by Crippen LogP contribution is 2.35. The summed E-state index contributed by atoms with van der Waals surface area (Å²) in [5, 5.41) is 3.65. The fourth-order valence-corrected chi connectivity index (χ4v) is 4.76. The van der Waals surface area contributed by atoms with E-state index in [0.29, 0.717) is 0 Å². The van der Waals surface area contributed by atoms with Crippen molar-refractivity contribution in [1.29, 1.82) is 0 Å². The van der Waals surface area contributed by atoms with Crippen LogP contribution in [0.4, 0.5) is 5.69 Å². The predicted octanol–water partition coefficient (Wildman–Crippen LogP) is 3.54. The quantitative estimate of drug-likeness (QED) is 0.423. The average Bonchev–Trinajstić information content (AvgIpc) is 3.01. The summed E-state index contributed by atoms with van der Waals surface area (Å²) in [7, 11) is 1.88. The molecule has 2 aliphatic rings. The van der Waals surface area contributed by atoms with E-state index in [0.717, 1.165) is 57.3 Å². The lowest BCUT2D eigenvalue weighted by Crippen LogP contribution is -2.49. The zero-order valence-electron chi connectivity index (χ0n) is 14.6. The van der Waals surface area contributed by atoms with Crippen LogP contribution in [0.2, 0.25) is 0 Å². The predicted molar refractivity (Wildman–Crippen MR) is 115 cm³/mol. The SMILES string of the molecule is CCSC1(CNC(=NC)N2CCc3ccccc32)CCOCC1.I. The Balaban J connectivity index is 0.00000208. The maximum Gasteiger partial charge on any atom is 0.198 e. The summed E-state index contributed by atoms with van der Waals surface area (Å²) in [5.74, 6) is 2.14. The number of nitrogens with one attached hydrogen (secondary N) is 1. The number of anilines is 1. The maximum atomic E-state index is 5.57. The highest BCUT2D eigenvalue weighted by Gasteiger charge is 2.33. The van der Waals surface area contributed by atoms with Gasteiger partial charge in [-0.3, -0.25) is 4.99 Å². The van der Waals surface area contributed by atoms with Crippen molar-refractivity contribution < 1.29 is 4.74 Å². The summed E-state index contributed by atoms with van der Waals surface area (Å²) < 4.78 is 5.85. The van der Waals surface area contributed by atoms with Crippen LogP contribution in [-0.4, -0.2) is 49.8 Å². The summed E-state index contributed by atoms with van der Waals surface area (Å²) in [6.45, 7) is 5.96. The molecular formula is C18H28IN3OS. The highest BCUT2D eigenvalue weighted by atomic mass is 127. The van der Waals surface area contributed by atoms with Crippen molar-refractivity contribution in [3.63, 3.8) is 0 Å². The number of halogens is 1. The number of para-hydroxylation sites is 1. The van der Waals surface area contributed by atoms with Crippen LogP contribution in [-0.2, 0) is 11.2 Å². The van der Waals surface area contributed by atoms with Gasteiger partial charge in [0, 0.05) is 43.8 Å². The van der Waals surface area contributed by atoms with Gasteiger partial charge >= 0.3 is 0 Å². The Kier molecular flexibility index (Phi) is 7.68. The van der Waals surface area contributed by atoms with Gasteiger partial charge in [-0.1, -0.05) is 25.1 Å². The molecular weight excluding hydrogens is 433 g/mol. The molecule has 0 unspecified atom stereocenters. The van der Waals surface area contributed by atoms with Crippen molar-refractivity contribution in [2.75, 3.05) is 44.0 Å². The van der Waals surface area contributed by atoms with Crippen LogP contribution in [0.25, 0.3) is 0 Å². The van der Waals surface area contributed by atoms with Gasteiger partial charge in [0.1, 0.15) is 0 Å². The van der Waals surface area contributed by atoms with Gasteiger partial charge in [-0.2, -0.15) is 11.8 Å². The first kappa shape index (κ1) is 19.8. The molecule has 1 aromatic rings. The van der Waals surface area contributed by atoms with E-state index in [-0.39, 0.29) is 28.7 Å². The van der Waals surface area contributed by atoms with Crippen molar-refractivity contribution in [2.24, 2.45) is 4.99 Å². The van der Waals surface area contributed by atoms with Crippen molar-refractivity contribution in [1.82, 2.24) is 5.32 Å². The van der Waals surface area contributed by atoms with Gasteiger partial charge in [-0.05, 0) is 36.6 Å². The highest BCUT2D eigenvalue weighted by molar-refractivity contribution is 14.0. The average molecular weight is 461 g/mol. The third kappa shape index (κ3) is 4.38. The molecule has 0 aliphatic carbocycles. The molecule has 0 radical (unpaired) electrons. The standard InChI is InChI=1S/C18H27N3OS.HI/c1-3-23-18(9-12-22-13-10-18)14-20-17(19-2)21-11-8-15-6-4-5-7-16(15)21;/h4-7H,3,8-14H2,1-2H3,(H,19,20);1H. The molecule has 134 valence electrons. The maximum absolute atomic E-state index is 5.57. The zero-order valence-corrected chi connectivity index (χ0v) is 17.7. The molecule has 1 saturated heterocycles. The Morgan fingerprint density at radius 1 is 1.33 bits per heavy atom. The van der Waals surface area contributed by atoms with Gasteiger partial charge in [0.25, 0.3) is 0 Å². The molecule has 0 spiro atoms. The Bertz CT molecular complexity index is 555. The third-order valence-corrected chi connectivity index (χ3v) is 6.23. The number of guanidine groups is 1. The number of hydrogen-bond donors (Lipinski definition) is 1. The zero-order chi connectivity index (χ0) is 16.1. The number of ether oxygens (including phenoxy) is 1. The van der Waals surface area contributed by atoms with Crippen LogP contribution < -0.4 is 10.2 Å². The molecule has 0 saturated carbocycles. The molecule has 0 amide bonds. The lowest BCUT2D eigenvalue weighted by molar-refractivity contribution is 0.0782. The molecule has 24 heavy (non-hydrogen) atoms. The number of nitrogens with zero attached hydrogens (tertiary/aromatic N) is 2. The largest absolute Gasteiger partial charge is 0.381 e. The molecule has 1 fully saturated rings. The minimum Gasteiger partial charge on any atom is -0.381 e. The van der Waals surface area contributed by atoms with Crippen LogP contribution in [0, 0.1) is 0 Å². The lowest BCUT2D eigenvalue weighted by Gasteiger charge is -2.37. The number of thioether (sulfide) groups is 1. The van der Waals surface area contributed by atoms with Crippen molar-refractivity contribution in [3.8, 4) is 0 Å². The number of rotatable bonds is 4. The van der Waals surface area contributed by atoms with Crippen LogP contribution in [0.1, 0.15) is 25.3 Å². The van der Waals surface area contributed by atoms with Gasteiger partial charge in [-0.25, -0.2) is 0 Å². The van der Waals surface area contributed by atoms with Crippen LogP contribution in [0.3, 0.4) is 0 Å². The second-order valence-corrected chi connectivity index (χ2v) is 7.89. The minimum absolute atomic E-state index is 0. The molecule has 3 rings (SSSR count). The Morgan fingerprint density at radius 2 is 2.08 bits per heavy atom. The Labute approximate surface area is 166 Å². The topological polar surface area (TPSA) is 36.9 Å². The minimum atomic E-state index is 0. The molecule has 2 heterocycles. The second kappa shape index (κ2) is 9.29. The molecule has 0 aromatic heterocycles. The summed E-state index contributed by atoms with van der Waals surface area (Å²) in [5.41, 5.74) is 2.71. The molecule has 1 aromatic carbocycles. The summed E-state index contributed by atoms with van der Waals surface area (Å²) in [4.78, 5) is 6.85. The Morgan fingerprint density at radius 3 is 2.79 bits per heavy atom. The van der Waals surface area contributed by atoms with Crippen molar-refractivity contribution in [2.45, 2.75) is 30.9 Å². The van der Waals surface area contributed by atoms with E-state index in [2.05, 4.69) is 58.2 Å². The van der Waals surface area contributed by atoms with Gasteiger partial charge in [0.15, 0.2) is 5.96 Å². The molecule has 1 N–H and O–H groups in total. The van der Waals surface area contributed by atoms with Gasteiger partial charge < -0.3 is 15.0 Å². The molecule has 4 nitrogen and oxygen atoms in total. The summed E-state index contributed by atoms with van der Waals surface area (Å²) >= 11 is 2.06. The van der Waals surface area contributed by atoms with E-state index in [1.54, 1.807) is 0 Å². The van der Waals surface area contributed by atoms with Gasteiger partial charge in [0.05, 0.1) is 0 Å². The van der Waals surface area contributed by atoms with Gasteiger partial charge in [-0.15, -0.1) is 24.0 Å². The van der Waals surface area contributed by atoms with Crippen molar-refractivity contribution in [3.05, 3.63) is 29.8 Å².